The number of hydrogen-bond acceptors (Lipinski definition) is 7. The van der Waals surface area contributed by atoms with Crippen LogP contribution < -0.4 is 15.8 Å². The number of ether oxygens (including phenoxy) is 1. The van der Waals surface area contributed by atoms with Crippen molar-refractivity contribution in [2.24, 2.45) is 5.73 Å². The van der Waals surface area contributed by atoms with Crippen LogP contribution in [0.3, 0.4) is 0 Å². The molecule has 238 valence electrons. The van der Waals surface area contributed by atoms with Crippen molar-refractivity contribution in [2.45, 2.75) is 89.6 Å². The van der Waals surface area contributed by atoms with E-state index in [2.05, 4.69) is 27.1 Å². The molecule has 2 fully saturated rings. The number of rotatable bonds is 3. The zero-order valence-electron chi connectivity index (χ0n) is 26.4. The number of aromatic nitrogens is 6. The van der Waals surface area contributed by atoms with E-state index < -0.39 is 0 Å². The molecule has 0 saturated carbocycles. The quantitative estimate of drug-likeness (QED) is 0.307. The molecule has 0 unspecified atom stereocenters. The fraction of sp³-hybridized carbons (Fsp3) is 0.441. The van der Waals surface area contributed by atoms with Crippen molar-refractivity contribution < 1.29 is 14.3 Å². The van der Waals surface area contributed by atoms with E-state index in [1.165, 1.54) is 0 Å². The Bertz CT molecular complexity index is 2010. The highest BCUT2D eigenvalue weighted by atomic mass is 16.5. The molecule has 3 N–H and O–H groups in total. The minimum absolute atomic E-state index is 0.00861. The van der Waals surface area contributed by atoms with Crippen molar-refractivity contribution in [2.75, 3.05) is 7.11 Å². The highest BCUT2D eigenvalue weighted by molar-refractivity contribution is 5.97. The molecule has 12 nitrogen and oxygen atoms in total. The lowest BCUT2D eigenvalue weighted by atomic mass is 9.97. The van der Waals surface area contributed by atoms with E-state index >= 15 is 0 Å². The number of carbonyl (C=O) groups is 2. The first-order valence-electron chi connectivity index (χ1n) is 16.3. The summed E-state index contributed by atoms with van der Waals surface area (Å²) in [6, 6.07) is 11.6. The molecule has 8 rings (SSSR count). The summed E-state index contributed by atoms with van der Waals surface area (Å²) in [5, 5.41) is 8.53. The zero-order chi connectivity index (χ0) is 31.7. The second-order valence-electron chi connectivity index (χ2n) is 13.0. The molecule has 5 aromatic heterocycles. The van der Waals surface area contributed by atoms with E-state index in [9.17, 15) is 9.59 Å². The predicted octanol–water partition coefficient (Wildman–Crippen LogP) is 4.24. The Morgan fingerprint density at radius 1 is 1.07 bits per heavy atom. The Hall–Kier alpha value is -4.71. The van der Waals surface area contributed by atoms with Crippen LogP contribution in [0.15, 0.2) is 42.6 Å². The van der Waals surface area contributed by atoms with Gasteiger partial charge in [-0.25, -0.2) is 9.97 Å². The van der Waals surface area contributed by atoms with Crippen LogP contribution in [0.1, 0.15) is 83.7 Å². The van der Waals surface area contributed by atoms with Crippen LogP contribution >= 0.6 is 0 Å². The number of nitrogens with two attached hydrogens (primary N) is 1. The summed E-state index contributed by atoms with van der Waals surface area (Å²) in [5.74, 6) is 0.338. The van der Waals surface area contributed by atoms with E-state index in [1.807, 2.05) is 52.2 Å². The predicted molar refractivity (Wildman–Crippen MR) is 173 cm³/mol. The van der Waals surface area contributed by atoms with E-state index in [0.29, 0.717) is 22.8 Å². The summed E-state index contributed by atoms with van der Waals surface area (Å²) < 4.78 is 11.9. The van der Waals surface area contributed by atoms with Gasteiger partial charge in [0.1, 0.15) is 22.7 Å². The molecular weight excluding hydrogens is 582 g/mol. The monoisotopic (exact) mass is 621 g/mol. The maximum absolute atomic E-state index is 13.8. The van der Waals surface area contributed by atoms with Gasteiger partial charge in [0, 0.05) is 54.4 Å². The molecule has 0 aliphatic carbocycles. The molecule has 0 aromatic carbocycles. The topological polar surface area (TPSA) is 138 Å². The molecule has 6 bridgehead atoms. The van der Waals surface area contributed by atoms with Gasteiger partial charge >= 0.3 is 0 Å². The fourth-order valence-corrected chi connectivity index (χ4v) is 7.77. The number of fused-ring (bicyclic) bond motifs is 6. The number of amides is 2. The highest BCUT2D eigenvalue weighted by Crippen LogP contribution is 2.39. The normalized spacial score (nSPS) is 23.2. The zero-order valence-corrected chi connectivity index (χ0v) is 26.4. The van der Waals surface area contributed by atoms with E-state index in [4.69, 9.17) is 20.4 Å². The molecular formula is C34H39N9O3. The minimum Gasteiger partial charge on any atom is -0.482 e. The number of carbonyl (C=O) groups excluding carboxylic acids is 2. The molecule has 46 heavy (non-hydrogen) atoms. The molecule has 5 aromatic rings. The van der Waals surface area contributed by atoms with E-state index in [0.717, 1.165) is 85.4 Å². The van der Waals surface area contributed by atoms with Gasteiger partial charge in [-0.15, -0.1) is 0 Å². The Morgan fingerprint density at radius 3 is 2.70 bits per heavy atom. The first kappa shape index (κ1) is 28.7. The van der Waals surface area contributed by atoms with Gasteiger partial charge in [-0.05, 0) is 82.7 Å². The van der Waals surface area contributed by atoms with Crippen molar-refractivity contribution >= 4 is 28.5 Å². The van der Waals surface area contributed by atoms with E-state index in [1.54, 1.807) is 13.2 Å². The largest absolute Gasteiger partial charge is 0.482 e. The Balaban J connectivity index is 1.21. The van der Waals surface area contributed by atoms with Crippen LogP contribution in [0.4, 0.5) is 0 Å². The first-order valence-corrected chi connectivity index (χ1v) is 16.3. The number of hydrogen-bond donors (Lipinski definition) is 2. The van der Waals surface area contributed by atoms with Crippen LogP contribution in [-0.4, -0.2) is 70.7 Å². The van der Waals surface area contributed by atoms with Crippen LogP contribution in [0.25, 0.3) is 28.1 Å². The maximum Gasteiger partial charge on any atom is 0.272 e. The Kier molecular flexibility index (Phi) is 6.86. The van der Waals surface area contributed by atoms with E-state index in [-0.39, 0.29) is 36.0 Å². The molecule has 2 saturated heterocycles. The molecule has 8 heterocycles. The average Bonchev–Trinajstić information content (AvgIpc) is 3.87. The molecule has 3 aliphatic heterocycles. The summed E-state index contributed by atoms with van der Waals surface area (Å²) in [6.45, 7) is 5.48. The molecule has 4 atom stereocenters. The second-order valence-corrected chi connectivity index (χ2v) is 13.0. The van der Waals surface area contributed by atoms with Crippen LogP contribution in [0.2, 0.25) is 0 Å². The summed E-state index contributed by atoms with van der Waals surface area (Å²) in [7, 11) is 1.63. The summed E-state index contributed by atoms with van der Waals surface area (Å²) in [4.78, 5) is 39.0. The average molecular weight is 622 g/mol. The molecule has 2 amide bonds. The van der Waals surface area contributed by atoms with Gasteiger partial charge < -0.3 is 25.3 Å². The molecule has 0 spiro atoms. The smallest absolute Gasteiger partial charge is 0.272 e. The van der Waals surface area contributed by atoms with Crippen molar-refractivity contribution in [3.8, 4) is 17.3 Å². The SMILES string of the molecule is COc1cc(C(=O)N2[C@H]3CC[C@@H]2[C@H](N)C3)cc2nc(-c3cc4ccc5nc4n3CCCCCn3ccc(n3)C(=O)N[C@@H]5C)c(C)n12. The number of methoxy groups -OCH3 is 1. The lowest BCUT2D eigenvalue weighted by molar-refractivity contribution is 0.0725. The van der Waals surface area contributed by atoms with Gasteiger partial charge in [-0.3, -0.25) is 18.7 Å². The second kappa shape index (κ2) is 11.0. The third kappa shape index (κ3) is 4.57. The van der Waals surface area contributed by atoms with Crippen LogP contribution in [-0.2, 0) is 13.1 Å². The number of nitrogens with one attached hydrogen (secondary N) is 1. The van der Waals surface area contributed by atoms with Gasteiger partial charge in [0.2, 0.25) is 0 Å². The van der Waals surface area contributed by atoms with Crippen molar-refractivity contribution in [1.82, 2.24) is 38.9 Å². The standard InChI is InChI=1S/C34H39N9O3/c1-19-25-9-7-21-15-28(41(32(21)37-25)13-6-4-5-12-40-14-11-26(39-40)33(44)36-19)31-20(2)42-29(38-31)16-22(17-30(42)46-3)34(45)43-23-8-10-27(43)24(35)18-23/h7,9,11,14-17,19,23-24,27H,4-6,8,10,12-13,18,35H2,1-3H3,(H,36,44)/t19-,23+,24-,27-/m1/s1. The van der Waals surface area contributed by atoms with Gasteiger partial charge in [0.15, 0.2) is 5.88 Å². The third-order valence-electron chi connectivity index (χ3n) is 10.1. The van der Waals surface area contributed by atoms with Gasteiger partial charge in [0.25, 0.3) is 11.8 Å². The third-order valence-corrected chi connectivity index (χ3v) is 10.1. The Labute approximate surface area is 266 Å². The lowest BCUT2D eigenvalue weighted by Crippen LogP contribution is -2.40. The summed E-state index contributed by atoms with van der Waals surface area (Å²) >= 11 is 0. The van der Waals surface area contributed by atoms with Crippen molar-refractivity contribution in [3.05, 3.63) is 65.2 Å². The van der Waals surface area contributed by atoms with Crippen LogP contribution in [0.5, 0.6) is 5.88 Å². The number of nitrogens with zero attached hydrogens (tertiary/aromatic N) is 7. The van der Waals surface area contributed by atoms with Crippen molar-refractivity contribution in [3.63, 3.8) is 0 Å². The number of imidazole rings is 1. The first-order chi connectivity index (χ1) is 22.3. The highest BCUT2D eigenvalue weighted by Gasteiger charge is 2.47. The summed E-state index contributed by atoms with van der Waals surface area (Å²) in [5.41, 5.74) is 12.3. The molecule has 0 radical (unpaired) electrons. The van der Waals surface area contributed by atoms with Gasteiger partial charge in [-0.2, -0.15) is 5.10 Å². The molecule has 12 heteroatoms. The van der Waals surface area contributed by atoms with Gasteiger partial charge in [0.05, 0.1) is 30.2 Å². The Morgan fingerprint density at radius 2 is 1.91 bits per heavy atom. The van der Waals surface area contributed by atoms with Gasteiger partial charge in [-0.1, -0.05) is 0 Å². The summed E-state index contributed by atoms with van der Waals surface area (Å²) in [6.07, 6.45) is 7.56. The fourth-order valence-electron chi connectivity index (χ4n) is 7.77. The number of aryl methyl sites for hydroxylation is 3. The number of pyridine rings is 2. The van der Waals surface area contributed by atoms with Crippen LogP contribution in [0, 0.1) is 6.92 Å². The minimum atomic E-state index is -0.309. The lowest BCUT2D eigenvalue weighted by Gasteiger charge is -2.23. The maximum atomic E-state index is 13.8. The molecule has 3 aliphatic rings. The van der Waals surface area contributed by atoms with Crippen molar-refractivity contribution in [1.29, 1.82) is 0 Å².